The second-order valence-electron chi connectivity index (χ2n) is 33.2. The Hall–Kier alpha value is -16.1. The Morgan fingerprint density at radius 3 is 1.09 bits per heavy atom. The second-order valence-corrected chi connectivity index (χ2v) is 33.2. The third-order valence-corrected chi connectivity index (χ3v) is 26.2. The van der Waals surface area contributed by atoms with Crippen LogP contribution in [0, 0.1) is 0 Å². The lowest BCUT2D eigenvalue weighted by molar-refractivity contribution is 0.660. The van der Waals surface area contributed by atoms with E-state index in [1.165, 1.54) is 136 Å². The molecule has 9 nitrogen and oxygen atoms in total. The van der Waals surface area contributed by atoms with Crippen molar-refractivity contribution in [3.8, 4) is 62.3 Å². The van der Waals surface area contributed by atoms with Gasteiger partial charge in [0.25, 0.3) is 0 Å². The molecule has 122 heavy (non-hydrogen) atoms. The van der Waals surface area contributed by atoms with E-state index >= 15 is 0 Å². The first-order chi connectivity index (χ1) is 60.3. The van der Waals surface area contributed by atoms with Crippen molar-refractivity contribution in [1.29, 1.82) is 0 Å². The summed E-state index contributed by atoms with van der Waals surface area (Å²) in [5, 5.41) is 22.0. The Labute approximate surface area is 699 Å². The largest absolute Gasteiger partial charge is 0.309 e. The molecule has 7 heterocycles. The van der Waals surface area contributed by atoms with Crippen molar-refractivity contribution in [2.24, 2.45) is 0 Å². The average molecular weight is 1550 g/mol. The summed E-state index contributed by atoms with van der Waals surface area (Å²) in [7, 11) is 0. The maximum absolute atomic E-state index is 5.52. The van der Waals surface area contributed by atoms with Crippen molar-refractivity contribution in [3.05, 3.63) is 405 Å². The molecule has 0 unspecified atom stereocenters. The maximum atomic E-state index is 5.52. The van der Waals surface area contributed by atoms with E-state index in [9.17, 15) is 0 Å². The number of nitrogens with zero attached hydrogens (tertiary/aromatic N) is 9. The smallest absolute Gasteiger partial charge is 0.165 e. The molecule has 0 atom stereocenters. The lowest BCUT2D eigenvalue weighted by atomic mass is 9.82. The van der Waals surface area contributed by atoms with E-state index in [0.29, 0.717) is 0 Å². The van der Waals surface area contributed by atoms with Gasteiger partial charge in [0, 0.05) is 87.5 Å². The van der Waals surface area contributed by atoms with Gasteiger partial charge in [-0.05, 0) is 205 Å². The zero-order valence-corrected chi connectivity index (χ0v) is 66.6. The van der Waals surface area contributed by atoms with Crippen LogP contribution in [-0.4, -0.2) is 42.8 Å². The van der Waals surface area contributed by atoms with Gasteiger partial charge < -0.3 is 13.7 Å². The third-order valence-electron chi connectivity index (χ3n) is 26.2. The molecule has 0 aliphatic heterocycles. The van der Waals surface area contributed by atoms with Crippen molar-refractivity contribution in [2.75, 3.05) is 0 Å². The molecule has 1 aliphatic carbocycles. The standard InChI is InChI=1S/C58H35N5.C55H36N4/c1-2-15-40(16-3-1)61-50-23-11-6-18-43(50)45-30-27-38(34-54(45)61)57-58(60-49-22-10-9-21-48(49)59-57)63-51-24-12-7-19-44(51)47-33-37-26-29-41(32-39(37)35-55(47)63)62-52-25-13-8-20-46(52)56-42-17-5-4-14-36(42)28-31-53(56)62;1-55(2)44-18-8-5-15-39(44)40-27-24-35(31-45(40)55)53-54(57-47-20-10-9-19-46(47)56-53)59-48-21-11-6-16-41(48)43-30-34-23-26-37(29-36(34)32-51(43)59)58-49-22-12-7-17-42(49)52-38-14-4-3-13-33(38)25-28-50(52)58/h1-35H;3-32H,1-2H3. The molecule has 0 saturated carbocycles. The first kappa shape index (κ1) is 68.0. The van der Waals surface area contributed by atoms with Gasteiger partial charge in [-0.2, -0.15) is 0 Å². The molecule has 0 N–H and O–H groups in total. The van der Waals surface area contributed by atoms with Gasteiger partial charge in [0.1, 0.15) is 11.4 Å². The molecule has 19 aromatic carbocycles. The third kappa shape index (κ3) is 9.99. The van der Waals surface area contributed by atoms with Gasteiger partial charge in [-0.3, -0.25) is 9.13 Å². The fraction of sp³-hybridized carbons (Fsp3) is 0.0265. The normalized spacial score (nSPS) is 12.7. The van der Waals surface area contributed by atoms with Crippen LogP contribution in [0.1, 0.15) is 25.0 Å². The van der Waals surface area contributed by atoms with Crippen LogP contribution in [0.25, 0.3) is 237 Å². The second kappa shape index (κ2) is 25.9. The zero-order valence-electron chi connectivity index (χ0n) is 66.6. The molecule has 0 amide bonds. The molecule has 1 aliphatic rings. The van der Waals surface area contributed by atoms with E-state index in [4.69, 9.17) is 19.9 Å². The van der Waals surface area contributed by atoms with E-state index in [-0.39, 0.29) is 5.41 Å². The molecule has 26 aromatic rings. The van der Waals surface area contributed by atoms with Gasteiger partial charge in [-0.25, -0.2) is 19.9 Å². The molecule has 568 valence electrons. The van der Waals surface area contributed by atoms with Crippen LogP contribution in [-0.2, 0) is 5.41 Å². The molecule has 27 rings (SSSR count). The molecule has 0 bridgehead atoms. The zero-order chi connectivity index (χ0) is 80.2. The summed E-state index contributed by atoms with van der Waals surface area (Å²) in [6.07, 6.45) is 0. The molecular formula is C113H71N9. The Bertz CT molecular complexity index is 9020. The highest BCUT2D eigenvalue weighted by Crippen LogP contribution is 2.51. The van der Waals surface area contributed by atoms with E-state index < -0.39 is 0 Å². The minimum absolute atomic E-state index is 0.140. The summed E-state index contributed by atoms with van der Waals surface area (Å²) in [4.78, 5) is 21.9. The fourth-order valence-electron chi connectivity index (χ4n) is 20.7. The van der Waals surface area contributed by atoms with Gasteiger partial charge in [-0.1, -0.05) is 269 Å². The highest BCUT2D eigenvalue weighted by Gasteiger charge is 2.36. The van der Waals surface area contributed by atoms with Crippen molar-refractivity contribution in [1.82, 2.24) is 42.8 Å². The minimum Gasteiger partial charge on any atom is -0.309 e. The number of aromatic nitrogens is 9. The maximum Gasteiger partial charge on any atom is 0.165 e. The average Bonchev–Trinajstić information content (AvgIpc) is 1.57. The lowest BCUT2D eigenvalue weighted by Gasteiger charge is -2.22. The van der Waals surface area contributed by atoms with Crippen LogP contribution in [0.15, 0.2) is 394 Å². The Kier molecular flexibility index (Phi) is 14.5. The first-order valence-corrected chi connectivity index (χ1v) is 41.9. The lowest BCUT2D eigenvalue weighted by Crippen LogP contribution is -2.15. The summed E-state index contributed by atoms with van der Waals surface area (Å²) in [5.41, 5.74) is 27.2. The Morgan fingerprint density at radius 1 is 0.197 bits per heavy atom. The molecular weight excluding hydrogens is 1480 g/mol. The summed E-state index contributed by atoms with van der Waals surface area (Å²) in [5.74, 6) is 1.62. The van der Waals surface area contributed by atoms with E-state index in [2.05, 4.69) is 407 Å². The van der Waals surface area contributed by atoms with E-state index in [1.54, 1.807) is 0 Å². The quantitative estimate of drug-likeness (QED) is 0.159. The number of benzene rings is 19. The Balaban J connectivity index is 0.000000131. The van der Waals surface area contributed by atoms with Crippen LogP contribution in [0.5, 0.6) is 0 Å². The van der Waals surface area contributed by atoms with Crippen LogP contribution >= 0.6 is 0 Å². The molecule has 9 heteroatoms. The van der Waals surface area contributed by atoms with Crippen molar-refractivity contribution < 1.29 is 0 Å². The predicted octanol–water partition coefficient (Wildman–Crippen LogP) is 29.0. The summed E-state index contributed by atoms with van der Waals surface area (Å²) >= 11 is 0. The molecule has 0 saturated heterocycles. The van der Waals surface area contributed by atoms with Crippen LogP contribution < -0.4 is 0 Å². The number of hydrogen-bond acceptors (Lipinski definition) is 4. The number of fused-ring (bicyclic) bond motifs is 26. The monoisotopic (exact) mass is 1550 g/mol. The fourth-order valence-corrected chi connectivity index (χ4v) is 20.7. The van der Waals surface area contributed by atoms with Crippen molar-refractivity contribution in [3.63, 3.8) is 0 Å². The highest BCUT2D eigenvalue weighted by atomic mass is 15.1. The van der Waals surface area contributed by atoms with Gasteiger partial charge >= 0.3 is 0 Å². The summed E-state index contributed by atoms with van der Waals surface area (Å²) < 4.78 is 11.9. The number of rotatable bonds is 7. The molecule has 0 radical (unpaired) electrons. The SMILES string of the molecule is CC1(C)c2ccccc2-c2ccc(-c3nc4ccccc4nc3-n3c4ccccc4c4cc5ccc(-n6c7ccccc7c7c8ccccc8ccc76)cc5cc43)cc21.c1ccc(-n2c3ccccc3c3ccc(-c4nc5ccccc5nc4-n4c5ccccc5c5cc6ccc(-n7c8ccccc8c8c9ccccc9ccc87)cc6cc54)cc32)cc1. The van der Waals surface area contributed by atoms with Crippen LogP contribution in [0.4, 0.5) is 0 Å². The van der Waals surface area contributed by atoms with Crippen LogP contribution in [0.3, 0.4) is 0 Å². The minimum atomic E-state index is -0.140. The summed E-state index contributed by atoms with van der Waals surface area (Å²) in [6.45, 7) is 4.67. The van der Waals surface area contributed by atoms with Gasteiger partial charge in [0.05, 0.1) is 77.2 Å². The topological polar surface area (TPSA) is 76.2 Å². The van der Waals surface area contributed by atoms with Crippen molar-refractivity contribution >= 4 is 174 Å². The predicted molar refractivity (Wildman–Crippen MR) is 509 cm³/mol. The Morgan fingerprint density at radius 2 is 0.566 bits per heavy atom. The van der Waals surface area contributed by atoms with Gasteiger partial charge in [0.2, 0.25) is 0 Å². The molecule has 0 fully saturated rings. The molecule has 7 aromatic heterocycles. The van der Waals surface area contributed by atoms with E-state index in [1.807, 2.05) is 24.3 Å². The highest BCUT2D eigenvalue weighted by molar-refractivity contribution is 6.24. The van der Waals surface area contributed by atoms with Gasteiger partial charge in [-0.15, -0.1) is 0 Å². The number of hydrogen-bond donors (Lipinski definition) is 0. The van der Waals surface area contributed by atoms with Crippen LogP contribution in [0.2, 0.25) is 0 Å². The first-order valence-electron chi connectivity index (χ1n) is 41.9. The number of para-hydroxylation sites is 10. The molecule has 0 spiro atoms. The van der Waals surface area contributed by atoms with Gasteiger partial charge in [0.15, 0.2) is 11.6 Å². The summed E-state index contributed by atoms with van der Waals surface area (Å²) in [6, 6.07) is 143. The van der Waals surface area contributed by atoms with E-state index in [0.717, 1.165) is 112 Å². The van der Waals surface area contributed by atoms with Crippen molar-refractivity contribution in [2.45, 2.75) is 19.3 Å².